The monoisotopic (exact) mass is 303 g/mol. The van der Waals surface area contributed by atoms with Gasteiger partial charge >= 0.3 is 29.6 Å². The van der Waals surface area contributed by atoms with Crippen LogP contribution in [0.15, 0.2) is 0 Å². The number of hydrogen-bond acceptors (Lipinski definition) is 5. The van der Waals surface area contributed by atoms with E-state index < -0.39 is 10.4 Å². The summed E-state index contributed by atoms with van der Waals surface area (Å²) < 4.78 is 34.1. The van der Waals surface area contributed by atoms with Crippen LogP contribution in [-0.4, -0.2) is 19.5 Å². The molecule has 0 fully saturated rings. The van der Waals surface area contributed by atoms with Crippen LogP contribution in [0.5, 0.6) is 0 Å². The van der Waals surface area contributed by atoms with Gasteiger partial charge in [-0.15, -0.1) is 0 Å². The van der Waals surface area contributed by atoms with Gasteiger partial charge in [-0.1, -0.05) is 64.7 Å². The van der Waals surface area contributed by atoms with E-state index in [0.29, 0.717) is 6.54 Å². The maximum Gasteiger partial charge on any atom is 1.00 e. The van der Waals surface area contributed by atoms with Crippen LogP contribution in [0.4, 0.5) is 0 Å². The van der Waals surface area contributed by atoms with Gasteiger partial charge in [0.2, 0.25) is 10.4 Å². The van der Waals surface area contributed by atoms with E-state index in [1.165, 1.54) is 44.9 Å². The summed E-state index contributed by atoms with van der Waals surface area (Å²) in [6.07, 6.45) is 12.1. The Bertz CT molecular complexity index is 273. The molecule has 0 atom stereocenters. The average Bonchev–Trinajstić information content (AvgIpc) is 2.29. The first-order valence-corrected chi connectivity index (χ1v) is 8.26. The molecule has 110 valence electrons. The van der Waals surface area contributed by atoms with Crippen LogP contribution in [0.1, 0.15) is 71.1 Å². The summed E-state index contributed by atoms with van der Waals surface area (Å²) in [7, 11) is -4.60. The fourth-order valence-corrected chi connectivity index (χ4v) is 2.03. The number of hydroxylamine groups is 1. The SMILES string of the molecule is CCCCCCCCCCCCNOS(=O)(=O)[O-].[Na+]. The first-order valence-electron chi connectivity index (χ1n) is 6.93. The summed E-state index contributed by atoms with van der Waals surface area (Å²) in [5.41, 5.74) is 2.15. The van der Waals surface area contributed by atoms with Gasteiger partial charge in [-0.05, 0) is 6.42 Å². The van der Waals surface area contributed by atoms with Crippen molar-refractivity contribution in [1.29, 1.82) is 0 Å². The van der Waals surface area contributed by atoms with E-state index in [2.05, 4.69) is 16.7 Å². The van der Waals surface area contributed by atoms with Crippen molar-refractivity contribution in [3.63, 3.8) is 0 Å². The first-order chi connectivity index (χ1) is 8.56. The third kappa shape index (κ3) is 21.3. The Morgan fingerprint density at radius 3 is 1.74 bits per heavy atom. The zero-order valence-corrected chi connectivity index (χ0v) is 15.1. The molecule has 1 N–H and O–H groups in total. The standard InChI is InChI=1S/C12H27NO4S.Na/c1-2-3-4-5-6-7-8-9-10-11-12-13-17-18(14,15)16;/h13H,2-12H2,1H3,(H,14,15,16);/q;+1/p-1. The van der Waals surface area contributed by atoms with E-state index in [1.54, 1.807) is 0 Å². The molecule has 0 aliphatic heterocycles. The van der Waals surface area contributed by atoms with E-state index in [-0.39, 0.29) is 29.6 Å². The number of hydrogen-bond donors (Lipinski definition) is 1. The van der Waals surface area contributed by atoms with E-state index in [0.717, 1.165) is 19.3 Å². The Kier molecular flexibility index (Phi) is 17.7. The Balaban J connectivity index is 0. The van der Waals surface area contributed by atoms with Crippen LogP contribution < -0.4 is 35.0 Å². The molecule has 0 saturated heterocycles. The van der Waals surface area contributed by atoms with Gasteiger partial charge in [0.05, 0.1) is 0 Å². The molecule has 0 aliphatic rings. The molecule has 0 heterocycles. The number of rotatable bonds is 13. The van der Waals surface area contributed by atoms with E-state index in [1.807, 2.05) is 0 Å². The summed E-state index contributed by atoms with van der Waals surface area (Å²) in [5, 5.41) is 0. The molecule has 0 saturated carbocycles. The van der Waals surface area contributed by atoms with Crippen molar-refractivity contribution >= 4 is 10.4 Å². The van der Waals surface area contributed by atoms with Crippen molar-refractivity contribution in [2.24, 2.45) is 0 Å². The molecule has 0 aromatic rings. The van der Waals surface area contributed by atoms with E-state index in [9.17, 15) is 13.0 Å². The largest absolute Gasteiger partial charge is 1.00 e. The van der Waals surface area contributed by atoms with Crippen molar-refractivity contribution in [1.82, 2.24) is 5.48 Å². The van der Waals surface area contributed by atoms with Crippen LogP contribution >= 0.6 is 0 Å². The minimum absolute atomic E-state index is 0. The molecule has 19 heavy (non-hydrogen) atoms. The smallest absolute Gasteiger partial charge is 0.724 e. The molecule has 7 heteroatoms. The summed E-state index contributed by atoms with van der Waals surface area (Å²) in [6.45, 7) is 2.62. The molecule has 0 bridgehead atoms. The molecule has 0 aliphatic carbocycles. The van der Waals surface area contributed by atoms with Gasteiger partial charge in [-0.3, -0.25) is 0 Å². The fourth-order valence-electron chi connectivity index (χ4n) is 1.80. The molecule has 0 aromatic heterocycles. The van der Waals surface area contributed by atoms with Gasteiger partial charge in [0.15, 0.2) is 0 Å². The Morgan fingerprint density at radius 2 is 1.32 bits per heavy atom. The van der Waals surface area contributed by atoms with Gasteiger partial charge in [0.1, 0.15) is 0 Å². The van der Waals surface area contributed by atoms with Gasteiger partial charge in [-0.25, -0.2) is 8.42 Å². The Morgan fingerprint density at radius 1 is 0.895 bits per heavy atom. The predicted molar refractivity (Wildman–Crippen MR) is 70.6 cm³/mol. The normalized spacial score (nSPS) is 11.3. The van der Waals surface area contributed by atoms with E-state index >= 15 is 0 Å². The van der Waals surface area contributed by atoms with E-state index in [4.69, 9.17) is 0 Å². The summed E-state index contributed by atoms with van der Waals surface area (Å²) in [5.74, 6) is 0. The van der Waals surface area contributed by atoms with Crippen LogP contribution in [-0.2, 0) is 14.7 Å². The second kappa shape index (κ2) is 15.2. The fraction of sp³-hybridized carbons (Fsp3) is 1.00. The first kappa shape index (κ1) is 22.1. The Labute approximate surface area is 140 Å². The molecule has 0 rings (SSSR count). The molecular weight excluding hydrogens is 277 g/mol. The Hall–Kier alpha value is 0.830. The average molecular weight is 303 g/mol. The molecule has 0 aromatic carbocycles. The maximum absolute atomic E-state index is 10.1. The molecule has 0 unspecified atom stereocenters. The minimum Gasteiger partial charge on any atom is -0.724 e. The second-order valence-corrected chi connectivity index (χ2v) is 5.55. The van der Waals surface area contributed by atoms with Crippen molar-refractivity contribution in [3.8, 4) is 0 Å². The predicted octanol–water partition coefficient (Wildman–Crippen LogP) is -0.107. The second-order valence-electron chi connectivity index (χ2n) is 4.57. The molecule has 0 radical (unpaired) electrons. The summed E-state index contributed by atoms with van der Waals surface area (Å²) in [6, 6.07) is 0. The third-order valence-electron chi connectivity index (χ3n) is 2.79. The summed E-state index contributed by atoms with van der Waals surface area (Å²) in [4.78, 5) is 0. The van der Waals surface area contributed by atoms with Gasteiger partial charge in [-0.2, -0.15) is 9.76 Å². The molecule has 0 amide bonds. The third-order valence-corrected chi connectivity index (χ3v) is 3.12. The van der Waals surface area contributed by atoms with Crippen molar-refractivity contribution in [2.45, 2.75) is 71.1 Å². The van der Waals surface area contributed by atoms with Gasteiger partial charge in [0.25, 0.3) is 0 Å². The maximum atomic E-state index is 10.1. The van der Waals surface area contributed by atoms with Crippen molar-refractivity contribution in [3.05, 3.63) is 0 Å². The van der Waals surface area contributed by atoms with Crippen molar-refractivity contribution in [2.75, 3.05) is 6.54 Å². The van der Waals surface area contributed by atoms with Crippen LogP contribution in [0.3, 0.4) is 0 Å². The molecule has 5 nitrogen and oxygen atoms in total. The van der Waals surface area contributed by atoms with Crippen LogP contribution in [0.2, 0.25) is 0 Å². The number of unbranched alkanes of at least 4 members (excludes halogenated alkanes) is 9. The van der Waals surface area contributed by atoms with Crippen LogP contribution in [0.25, 0.3) is 0 Å². The quantitative estimate of drug-likeness (QED) is 0.169. The van der Waals surface area contributed by atoms with Crippen molar-refractivity contribution < 1.29 is 46.8 Å². The zero-order chi connectivity index (χ0) is 13.7. The topological polar surface area (TPSA) is 78.5 Å². The molecular formula is C12H26NNaO4S. The number of nitrogens with one attached hydrogen (secondary N) is 1. The van der Waals surface area contributed by atoms with Gasteiger partial charge < -0.3 is 4.55 Å². The molecule has 0 spiro atoms. The van der Waals surface area contributed by atoms with Crippen LogP contribution in [0, 0.1) is 0 Å². The zero-order valence-electron chi connectivity index (χ0n) is 12.3. The summed E-state index contributed by atoms with van der Waals surface area (Å²) >= 11 is 0. The van der Waals surface area contributed by atoms with Gasteiger partial charge in [0, 0.05) is 6.54 Å². The minimum atomic E-state index is -4.60.